The SMILES string of the molecule is CCc1nnc([C@@H]2CC(F)(F)CN2C(=O)Cc2c(C)noc2C)o1. The number of rotatable bonds is 4. The molecule has 1 amide bonds. The van der Waals surface area contributed by atoms with Crippen LogP contribution in [0.5, 0.6) is 0 Å². The van der Waals surface area contributed by atoms with Crippen molar-refractivity contribution >= 4 is 5.91 Å². The van der Waals surface area contributed by atoms with Gasteiger partial charge in [0.05, 0.1) is 18.7 Å². The van der Waals surface area contributed by atoms with Crippen LogP contribution in [0.4, 0.5) is 8.78 Å². The summed E-state index contributed by atoms with van der Waals surface area (Å²) in [4.78, 5) is 13.7. The van der Waals surface area contributed by atoms with E-state index in [0.717, 1.165) is 4.90 Å². The van der Waals surface area contributed by atoms with Gasteiger partial charge in [-0.3, -0.25) is 4.79 Å². The van der Waals surface area contributed by atoms with E-state index in [0.29, 0.717) is 29.3 Å². The fraction of sp³-hybridized carbons (Fsp3) is 0.600. The monoisotopic (exact) mass is 340 g/mol. The van der Waals surface area contributed by atoms with E-state index in [9.17, 15) is 13.6 Å². The fourth-order valence-corrected chi connectivity index (χ4v) is 2.85. The third-order valence-corrected chi connectivity index (χ3v) is 4.17. The maximum atomic E-state index is 13.9. The van der Waals surface area contributed by atoms with E-state index in [4.69, 9.17) is 8.94 Å². The van der Waals surface area contributed by atoms with Crippen molar-refractivity contribution in [2.75, 3.05) is 6.54 Å². The summed E-state index contributed by atoms with van der Waals surface area (Å²) in [6.07, 6.45) is -0.0721. The second-order valence-corrected chi connectivity index (χ2v) is 5.96. The van der Waals surface area contributed by atoms with Crippen LogP contribution in [0.2, 0.25) is 0 Å². The molecule has 1 aliphatic heterocycles. The first kappa shape index (κ1) is 16.5. The van der Waals surface area contributed by atoms with Crippen molar-refractivity contribution in [3.63, 3.8) is 0 Å². The molecular weight excluding hydrogens is 322 g/mol. The summed E-state index contributed by atoms with van der Waals surface area (Å²) in [5, 5.41) is 11.4. The normalized spacial score (nSPS) is 19.9. The van der Waals surface area contributed by atoms with Crippen LogP contribution in [0.25, 0.3) is 0 Å². The number of carbonyl (C=O) groups is 1. The number of likely N-dealkylation sites (tertiary alicyclic amines) is 1. The molecule has 3 rings (SSSR count). The number of halogens is 2. The van der Waals surface area contributed by atoms with Gasteiger partial charge in [-0.05, 0) is 13.8 Å². The maximum absolute atomic E-state index is 13.9. The number of hydrogen-bond donors (Lipinski definition) is 0. The highest BCUT2D eigenvalue weighted by molar-refractivity contribution is 5.80. The van der Waals surface area contributed by atoms with Gasteiger partial charge in [-0.2, -0.15) is 0 Å². The van der Waals surface area contributed by atoms with Gasteiger partial charge in [0.1, 0.15) is 11.8 Å². The second-order valence-electron chi connectivity index (χ2n) is 5.96. The molecular formula is C15H18F2N4O3. The maximum Gasteiger partial charge on any atom is 0.267 e. The lowest BCUT2D eigenvalue weighted by Gasteiger charge is -2.21. The Morgan fingerprint density at radius 2 is 2.12 bits per heavy atom. The summed E-state index contributed by atoms with van der Waals surface area (Å²) in [6.45, 7) is 4.55. The van der Waals surface area contributed by atoms with Crippen LogP contribution in [0, 0.1) is 13.8 Å². The van der Waals surface area contributed by atoms with Crippen LogP contribution in [-0.2, 0) is 17.6 Å². The predicted molar refractivity (Wildman–Crippen MR) is 77.4 cm³/mol. The Labute approximate surface area is 137 Å². The van der Waals surface area contributed by atoms with Crippen molar-refractivity contribution in [1.82, 2.24) is 20.3 Å². The van der Waals surface area contributed by atoms with Crippen LogP contribution >= 0.6 is 0 Å². The minimum atomic E-state index is -2.99. The lowest BCUT2D eigenvalue weighted by Crippen LogP contribution is -2.34. The molecule has 3 heterocycles. The van der Waals surface area contributed by atoms with E-state index >= 15 is 0 Å². The first-order chi connectivity index (χ1) is 11.3. The van der Waals surface area contributed by atoms with Crippen molar-refractivity contribution in [1.29, 1.82) is 0 Å². The summed E-state index contributed by atoms with van der Waals surface area (Å²) >= 11 is 0. The molecule has 1 atom stereocenters. The summed E-state index contributed by atoms with van der Waals surface area (Å²) in [7, 11) is 0. The molecule has 130 valence electrons. The molecule has 1 aliphatic rings. The topological polar surface area (TPSA) is 85.3 Å². The highest BCUT2D eigenvalue weighted by atomic mass is 19.3. The van der Waals surface area contributed by atoms with Gasteiger partial charge in [0.2, 0.25) is 17.7 Å². The number of aromatic nitrogens is 3. The van der Waals surface area contributed by atoms with E-state index in [-0.39, 0.29) is 12.3 Å². The minimum Gasteiger partial charge on any atom is -0.423 e. The molecule has 1 saturated heterocycles. The number of nitrogens with zero attached hydrogens (tertiary/aromatic N) is 4. The van der Waals surface area contributed by atoms with Crippen LogP contribution < -0.4 is 0 Å². The molecule has 2 aromatic heterocycles. The lowest BCUT2D eigenvalue weighted by molar-refractivity contribution is -0.133. The van der Waals surface area contributed by atoms with Gasteiger partial charge < -0.3 is 13.8 Å². The van der Waals surface area contributed by atoms with Crippen LogP contribution in [-0.4, -0.2) is 38.6 Å². The van der Waals surface area contributed by atoms with Crippen molar-refractivity contribution in [3.8, 4) is 0 Å². The number of carbonyl (C=O) groups excluding carboxylic acids is 1. The molecule has 7 nitrogen and oxygen atoms in total. The largest absolute Gasteiger partial charge is 0.423 e. The van der Waals surface area contributed by atoms with Gasteiger partial charge in [0.25, 0.3) is 5.92 Å². The zero-order valence-electron chi connectivity index (χ0n) is 13.7. The molecule has 0 unspecified atom stereocenters. The highest BCUT2D eigenvalue weighted by Gasteiger charge is 2.49. The Bertz CT molecular complexity index is 736. The van der Waals surface area contributed by atoms with Gasteiger partial charge in [-0.1, -0.05) is 12.1 Å². The molecule has 0 spiro atoms. The molecule has 0 radical (unpaired) electrons. The summed E-state index contributed by atoms with van der Waals surface area (Å²) in [5.74, 6) is -2.51. The number of aryl methyl sites for hydroxylation is 3. The molecule has 0 aliphatic carbocycles. The average molecular weight is 340 g/mol. The molecule has 1 fully saturated rings. The van der Waals surface area contributed by atoms with Gasteiger partial charge in [-0.15, -0.1) is 10.2 Å². The highest BCUT2D eigenvalue weighted by Crippen LogP contribution is 2.41. The smallest absolute Gasteiger partial charge is 0.267 e. The van der Waals surface area contributed by atoms with Crippen LogP contribution in [0.15, 0.2) is 8.94 Å². The third-order valence-electron chi connectivity index (χ3n) is 4.17. The van der Waals surface area contributed by atoms with E-state index in [1.54, 1.807) is 13.8 Å². The molecule has 9 heteroatoms. The molecule has 2 aromatic rings. The Hall–Kier alpha value is -2.32. The standard InChI is InChI=1S/C15H18F2N4O3/c1-4-12-18-19-14(23-12)11-6-15(16,17)7-21(11)13(22)5-10-8(2)20-24-9(10)3/h11H,4-7H2,1-3H3/t11-/m0/s1. The summed E-state index contributed by atoms with van der Waals surface area (Å²) < 4.78 is 38.2. The minimum absolute atomic E-state index is 0.0520. The first-order valence-electron chi connectivity index (χ1n) is 7.72. The van der Waals surface area contributed by atoms with Crippen molar-refractivity contribution in [3.05, 3.63) is 28.8 Å². The Balaban J connectivity index is 1.84. The summed E-state index contributed by atoms with van der Waals surface area (Å²) in [5.41, 5.74) is 1.20. The van der Waals surface area contributed by atoms with Crippen LogP contribution in [0.1, 0.15) is 48.2 Å². The van der Waals surface area contributed by atoms with Crippen molar-refractivity contribution < 1.29 is 22.5 Å². The van der Waals surface area contributed by atoms with Crippen LogP contribution in [0.3, 0.4) is 0 Å². The van der Waals surface area contributed by atoms with Gasteiger partial charge in [0.15, 0.2) is 0 Å². The average Bonchev–Trinajstić information content (AvgIpc) is 3.20. The number of amides is 1. The zero-order valence-corrected chi connectivity index (χ0v) is 13.7. The van der Waals surface area contributed by atoms with Gasteiger partial charge >= 0.3 is 0 Å². The molecule has 0 saturated carbocycles. The number of alkyl halides is 2. The van der Waals surface area contributed by atoms with Crippen molar-refractivity contribution in [2.24, 2.45) is 0 Å². The second kappa shape index (κ2) is 5.95. The molecule has 0 aromatic carbocycles. The third kappa shape index (κ3) is 3.02. The molecule has 24 heavy (non-hydrogen) atoms. The number of hydrogen-bond acceptors (Lipinski definition) is 6. The molecule has 0 bridgehead atoms. The lowest BCUT2D eigenvalue weighted by atomic mass is 10.1. The molecule has 0 N–H and O–H groups in total. The van der Waals surface area contributed by atoms with E-state index in [1.165, 1.54) is 0 Å². The van der Waals surface area contributed by atoms with Gasteiger partial charge in [-0.25, -0.2) is 8.78 Å². The Morgan fingerprint density at radius 1 is 1.38 bits per heavy atom. The van der Waals surface area contributed by atoms with Crippen molar-refractivity contribution in [2.45, 2.75) is 52.0 Å². The fourth-order valence-electron chi connectivity index (χ4n) is 2.85. The van der Waals surface area contributed by atoms with E-state index in [2.05, 4.69) is 15.4 Å². The first-order valence-corrected chi connectivity index (χ1v) is 7.72. The quantitative estimate of drug-likeness (QED) is 0.849. The Kier molecular flexibility index (Phi) is 4.10. The summed E-state index contributed by atoms with van der Waals surface area (Å²) in [6, 6.07) is -0.916. The zero-order chi connectivity index (χ0) is 17.5. The van der Waals surface area contributed by atoms with E-state index < -0.39 is 30.8 Å². The van der Waals surface area contributed by atoms with Gasteiger partial charge in [0, 0.05) is 18.4 Å². The predicted octanol–water partition coefficient (Wildman–Crippen LogP) is 2.39. The van der Waals surface area contributed by atoms with E-state index in [1.807, 2.05) is 6.92 Å². The Morgan fingerprint density at radius 3 is 2.71 bits per heavy atom.